The topological polar surface area (TPSA) is 46.3 Å². The summed E-state index contributed by atoms with van der Waals surface area (Å²) >= 11 is 0. The summed E-state index contributed by atoms with van der Waals surface area (Å²) in [6.07, 6.45) is 0. The van der Waals surface area contributed by atoms with Crippen molar-refractivity contribution >= 4 is 5.91 Å². The third kappa shape index (κ3) is 1.35. The first-order valence-corrected chi connectivity index (χ1v) is 5.14. The molecule has 2 fully saturated rings. The second kappa shape index (κ2) is 2.98. The number of piperidine rings is 1. The van der Waals surface area contributed by atoms with Crippen molar-refractivity contribution in [2.75, 3.05) is 19.6 Å². The summed E-state index contributed by atoms with van der Waals surface area (Å²) in [5.41, 5.74) is 5.56. The summed E-state index contributed by atoms with van der Waals surface area (Å²) in [5, 5.41) is 0. The van der Waals surface area contributed by atoms with Crippen molar-refractivity contribution < 1.29 is 4.79 Å². The van der Waals surface area contributed by atoms with Gasteiger partial charge in [-0.05, 0) is 24.3 Å². The second-order valence-corrected chi connectivity index (χ2v) is 4.73. The van der Waals surface area contributed by atoms with Crippen LogP contribution in [0.25, 0.3) is 0 Å². The molecule has 3 heteroatoms. The van der Waals surface area contributed by atoms with Gasteiger partial charge in [0.2, 0.25) is 5.91 Å². The number of amides is 1. The smallest absolute Gasteiger partial charge is 0.226 e. The minimum atomic E-state index is 0.295. The Labute approximate surface area is 79.3 Å². The number of fused-ring (bicyclic) bond motifs is 1. The van der Waals surface area contributed by atoms with Gasteiger partial charge in [0, 0.05) is 19.0 Å². The molecule has 1 amide bonds. The summed E-state index contributed by atoms with van der Waals surface area (Å²) in [6.45, 7) is 6.87. The molecule has 0 spiro atoms. The lowest BCUT2D eigenvalue weighted by Gasteiger charge is -2.21. The van der Waals surface area contributed by atoms with Gasteiger partial charge in [-0.1, -0.05) is 13.8 Å². The number of rotatable bonds is 3. The van der Waals surface area contributed by atoms with Crippen LogP contribution in [0.15, 0.2) is 0 Å². The Morgan fingerprint density at radius 3 is 2.69 bits per heavy atom. The number of hydrogen-bond donors (Lipinski definition) is 1. The molecule has 0 radical (unpaired) electrons. The van der Waals surface area contributed by atoms with Crippen LogP contribution in [-0.4, -0.2) is 30.4 Å². The molecule has 0 aromatic heterocycles. The van der Waals surface area contributed by atoms with E-state index in [0.29, 0.717) is 36.1 Å². The molecule has 3 unspecified atom stereocenters. The van der Waals surface area contributed by atoms with Crippen molar-refractivity contribution in [3.63, 3.8) is 0 Å². The standard InChI is InChI=1S/C10H18N2O/c1-6(2)4-12-5-8-7(3-11)9(8)10(12)13/h6-9H,3-5,11H2,1-2H3. The summed E-state index contributed by atoms with van der Waals surface area (Å²) in [5.74, 6) is 2.34. The Bertz CT molecular complexity index is 227. The largest absolute Gasteiger partial charge is 0.342 e. The number of nitrogens with zero attached hydrogens (tertiary/aromatic N) is 1. The van der Waals surface area contributed by atoms with Crippen LogP contribution in [0.3, 0.4) is 0 Å². The fourth-order valence-corrected chi connectivity index (χ4v) is 2.54. The van der Waals surface area contributed by atoms with Gasteiger partial charge in [0.1, 0.15) is 0 Å². The predicted molar refractivity (Wildman–Crippen MR) is 50.9 cm³/mol. The third-order valence-corrected chi connectivity index (χ3v) is 3.22. The van der Waals surface area contributed by atoms with E-state index in [0.717, 1.165) is 13.1 Å². The molecule has 3 nitrogen and oxygen atoms in total. The van der Waals surface area contributed by atoms with Crippen molar-refractivity contribution in [3.8, 4) is 0 Å². The molecule has 2 N–H and O–H groups in total. The lowest BCUT2D eigenvalue weighted by Crippen LogP contribution is -2.34. The molecule has 0 aromatic rings. The number of likely N-dealkylation sites (tertiary alicyclic amines) is 1. The molecule has 1 saturated carbocycles. The van der Waals surface area contributed by atoms with Gasteiger partial charge >= 0.3 is 0 Å². The number of hydrogen-bond acceptors (Lipinski definition) is 2. The van der Waals surface area contributed by atoms with E-state index < -0.39 is 0 Å². The Morgan fingerprint density at radius 2 is 2.31 bits per heavy atom. The highest BCUT2D eigenvalue weighted by atomic mass is 16.2. The maximum atomic E-state index is 11.7. The molecule has 1 aliphatic heterocycles. The summed E-state index contributed by atoms with van der Waals surface area (Å²) in [7, 11) is 0. The first-order chi connectivity index (χ1) is 6.15. The van der Waals surface area contributed by atoms with E-state index >= 15 is 0 Å². The van der Waals surface area contributed by atoms with Crippen molar-refractivity contribution in [2.24, 2.45) is 29.4 Å². The monoisotopic (exact) mass is 182 g/mol. The van der Waals surface area contributed by atoms with E-state index in [2.05, 4.69) is 13.8 Å². The highest BCUT2D eigenvalue weighted by Crippen LogP contribution is 2.51. The average Bonchev–Trinajstić information content (AvgIpc) is 2.66. The van der Waals surface area contributed by atoms with E-state index in [1.165, 1.54) is 0 Å². The van der Waals surface area contributed by atoms with E-state index in [9.17, 15) is 4.79 Å². The maximum Gasteiger partial charge on any atom is 0.226 e. The van der Waals surface area contributed by atoms with Crippen LogP contribution in [0.4, 0.5) is 0 Å². The van der Waals surface area contributed by atoms with E-state index in [4.69, 9.17) is 5.73 Å². The Kier molecular flexibility index (Phi) is 2.06. The zero-order valence-electron chi connectivity index (χ0n) is 8.36. The number of nitrogens with two attached hydrogens (primary N) is 1. The molecule has 3 atom stereocenters. The van der Waals surface area contributed by atoms with E-state index in [1.807, 2.05) is 4.90 Å². The molecule has 74 valence electrons. The number of carbonyl (C=O) groups is 1. The molecule has 0 bridgehead atoms. The lowest BCUT2D eigenvalue weighted by atomic mass is 10.2. The SMILES string of the molecule is CC(C)CN1CC2C(CN)C2C1=O. The van der Waals surface area contributed by atoms with Crippen LogP contribution in [-0.2, 0) is 4.79 Å². The van der Waals surface area contributed by atoms with Crippen molar-refractivity contribution in [3.05, 3.63) is 0 Å². The Hall–Kier alpha value is -0.570. The van der Waals surface area contributed by atoms with Crippen LogP contribution in [0.5, 0.6) is 0 Å². The first kappa shape index (κ1) is 9.00. The summed E-state index contributed by atoms with van der Waals surface area (Å²) in [6, 6.07) is 0. The van der Waals surface area contributed by atoms with Gasteiger partial charge in [-0.25, -0.2) is 0 Å². The molecule has 2 rings (SSSR count). The Balaban J connectivity index is 1.91. The van der Waals surface area contributed by atoms with Crippen LogP contribution < -0.4 is 5.73 Å². The molecule has 13 heavy (non-hydrogen) atoms. The van der Waals surface area contributed by atoms with Gasteiger partial charge in [-0.3, -0.25) is 4.79 Å². The average molecular weight is 182 g/mol. The third-order valence-electron chi connectivity index (χ3n) is 3.22. The number of carbonyl (C=O) groups excluding carboxylic acids is 1. The van der Waals surface area contributed by atoms with Crippen molar-refractivity contribution in [2.45, 2.75) is 13.8 Å². The summed E-state index contributed by atoms with van der Waals surface area (Å²) in [4.78, 5) is 13.7. The molecular weight excluding hydrogens is 164 g/mol. The highest BCUT2D eigenvalue weighted by molar-refractivity contribution is 5.85. The predicted octanol–water partition coefficient (Wildman–Crippen LogP) is 0.306. The molecule has 1 saturated heterocycles. The van der Waals surface area contributed by atoms with Gasteiger partial charge in [0.15, 0.2) is 0 Å². The quantitative estimate of drug-likeness (QED) is 0.682. The molecule has 2 aliphatic rings. The molecule has 1 heterocycles. The van der Waals surface area contributed by atoms with Crippen molar-refractivity contribution in [1.29, 1.82) is 0 Å². The van der Waals surface area contributed by atoms with Crippen LogP contribution in [0.2, 0.25) is 0 Å². The lowest BCUT2D eigenvalue weighted by molar-refractivity contribution is -0.131. The summed E-state index contributed by atoms with van der Waals surface area (Å²) < 4.78 is 0. The fourth-order valence-electron chi connectivity index (χ4n) is 2.54. The maximum absolute atomic E-state index is 11.7. The highest BCUT2D eigenvalue weighted by Gasteiger charge is 2.60. The van der Waals surface area contributed by atoms with Gasteiger partial charge in [-0.2, -0.15) is 0 Å². The van der Waals surface area contributed by atoms with Gasteiger partial charge < -0.3 is 10.6 Å². The van der Waals surface area contributed by atoms with Gasteiger partial charge in [-0.15, -0.1) is 0 Å². The molecule has 1 aliphatic carbocycles. The zero-order valence-corrected chi connectivity index (χ0v) is 8.36. The second-order valence-electron chi connectivity index (χ2n) is 4.73. The van der Waals surface area contributed by atoms with Gasteiger partial charge in [0.25, 0.3) is 0 Å². The minimum Gasteiger partial charge on any atom is -0.342 e. The molecular formula is C10H18N2O. The normalized spacial score (nSPS) is 37.1. The fraction of sp³-hybridized carbons (Fsp3) is 0.900. The van der Waals surface area contributed by atoms with Crippen LogP contribution >= 0.6 is 0 Å². The Morgan fingerprint density at radius 1 is 1.62 bits per heavy atom. The van der Waals surface area contributed by atoms with Crippen LogP contribution in [0, 0.1) is 23.7 Å². The van der Waals surface area contributed by atoms with Crippen LogP contribution in [0.1, 0.15) is 13.8 Å². The minimum absolute atomic E-state index is 0.295. The van der Waals surface area contributed by atoms with Crippen molar-refractivity contribution in [1.82, 2.24) is 4.90 Å². The van der Waals surface area contributed by atoms with E-state index in [-0.39, 0.29) is 0 Å². The first-order valence-electron chi connectivity index (χ1n) is 5.14. The zero-order chi connectivity index (χ0) is 9.59. The van der Waals surface area contributed by atoms with Gasteiger partial charge in [0.05, 0.1) is 0 Å². The molecule has 0 aromatic carbocycles. The van der Waals surface area contributed by atoms with E-state index in [1.54, 1.807) is 0 Å².